The number of carbonyl (C=O) groups is 2. The Bertz CT molecular complexity index is 793. The van der Waals surface area contributed by atoms with Gasteiger partial charge in [-0.15, -0.1) is 0 Å². The van der Waals surface area contributed by atoms with Gasteiger partial charge in [0.15, 0.2) is 15.6 Å². The molecule has 0 bridgehead atoms. The first-order chi connectivity index (χ1) is 10.6. The van der Waals surface area contributed by atoms with E-state index in [0.717, 1.165) is 37.6 Å². The van der Waals surface area contributed by atoms with Crippen LogP contribution in [0.4, 0.5) is 5.69 Å². The number of allylic oxidation sites excluding steroid dienone is 1. The largest absolute Gasteiger partial charge is 0.501 e. The Labute approximate surface area is 132 Å². The number of ketones is 2. The minimum Gasteiger partial charge on any atom is -0.501 e. The molecule has 8 nitrogen and oxygen atoms in total. The predicted octanol–water partition coefficient (Wildman–Crippen LogP) is 1.69. The molecule has 23 heavy (non-hydrogen) atoms. The van der Waals surface area contributed by atoms with E-state index >= 15 is 0 Å². The fraction of sp³-hybridized carbons (Fsp3) is 0.286. The van der Waals surface area contributed by atoms with Gasteiger partial charge in [0, 0.05) is 12.3 Å². The fourth-order valence-electron chi connectivity index (χ4n) is 1.69. The van der Waals surface area contributed by atoms with Crippen molar-refractivity contribution in [2.45, 2.75) is 18.7 Å². The Kier molecular flexibility index (Phi) is 5.74. The zero-order valence-electron chi connectivity index (χ0n) is 12.7. The minimum atomic E-state index is -3.67. The molecule has 0 fully saturated rings. The van der Waals surface area contributed by atoms with Crippen LogP contribution < -0.4 is 0 Å². The maximum absolute atomic E-state index is 12.4. The topological polar surface area (TPSA) is 121 Å². The molecule has 9 heteroatoms. The lowest BCUT2D eigenvalue weighted by molar-refractivity contribution is -0.385. The molecule has 0 aliphatic carbocycles. The van der Waals surface area contributed by atoms with Crippen molar-refractivity contribution in [3.05, 3.63) is 45.7 Å². The molecule has 0 radical (unpaired) electrons. The van der Waals surface area contributed by atoms with Crippen LogP contribution in [0.3, 0.4) is 0 Å². The van der Waals surface area contributed by atoms with Crippen LogP contribution in [0.25, 0.3) is 0 Å². The average Bonchev–Trinajstić information content (AvgIpc) is 2.45. The van der Waals surface area contributed by atoms with Gasteiger partial charge in [0.25, 0.3) is 5.69 Å². The summed E-state index contributed by atoms with van der Waals surface area (Å²) in [6, 6.07) is 2.88. The monoisotopic (exact) mass is 341 g/mol. The number of hydrogen-bond acceptors (Lipinski definition) is 7. The molecule has 0 saturated heterocycles. The molecule has 0 atom stereocenters. The van der Waals surface area contributed by atoms with E-state index in [1.807, 2.05) is 0 Å². The van der Waals surface area contributed by atoms with Gasteiger partial charge in [-0.25, -0.2) is 8.42 Å². The molecule has 0 saturated carbocycles. The van der Waals surface area contributed by atoms with Crippen LogP contribution >= 0.6 is 0 Å². The molecule has 0 spiro atoms. The first-order valence-electron chi connectivity index (χ1n) is 6.45. The number of sulfone groups is 1. The summed E-state index contributed by atoms with van der Waals surface area (Å²) in [7, 11) is -3.67. The lowest BCUT2D eigenvalue weighted by atomic mass is 10.0. The number of ether oxygens (including phenoxy) is 1. The van der Waals surface area contributed by atoms with Crippen molar-refractivity contribution in [3.8, 4) is 0 Å². The van der Waals surface area contributed by atoms with Crippen molar-refractivity contribution in [1.82, 2.24) is 0 Å². The van der Waals surface area contributed by atoms with Gasteiger partial charge in [-0.2, -0.15) is 0 Å². The molecule has 0 aliphatic rings. The Morgan fingerprint density at radius 2 is 1.96 bits per heavy atom. The highest BCUT2D eigenvalue weighted by atomic mass is 32.2. The zero-order valence-corrected chi connectivity index (χ0v) is 13.5. The van der Waals surface area contributed by atoms with Gasteiger partial charge in [0.05, 0.1) is 28.3 Å². The summed E-state index contributed by atoms with van der Waals surface area (Å²) < 4.78 is 27.9. The summed E-state index contributed by atoms with van der Waals surface area (Å²) in [5, 5.41) is 11.1. The third kappa shape index (κ3) is 4.46. The molecule has 0 heterocycles. The van der Waals surface area contributed by atoms with Crippen molar-refractivity contribution in [2.75, 3.05) is 12.9 Å². The van der Waals surface area contributed by atoms with E-state index in [-0.39, 0.29) is 22.6 Å². The second-order valence-electron chi connectivity index (χ2n) is 4.58. The third-order valence-electron chi connectivity index (χ3n) is 2.83. The Morgan fingerprint density at radius 1 is 1.35 bits per heavy atom. The molecule has 1 aromatic rings. The van der Waals surface area contributed by atoms with Crippen LogP contribution in [0.15, 0.2) is 34.9 Å². The van der Waals surface area contributed by atoms with E-state index in [9.17, 15) is 28.1 Å². The van der Waals surface area contributed by atoms with Gasteiger partial charge < -0.3 is 4.74 Å². The Morgan fingerprint density at radius 3 is 2.39 bits per heavy atom. The summed E-state index contributed by atoms with van der Waals surface area (Å²) in [4.78, 5) is 33.9. The summed E-state index contributed by atoms with van der Waals surface area (Å²) in [5.41, 5.74) is -1.44. The first kappa shape index (κ1) is 18.5. The Hall–Kier alpha value is -2.55. The summed E-state index contributed by atoms with van der Waals surface area (Å²) in [5.74, 6) is -1.53. The highest BCUT2D eigenvalue weighted by Gasteiger charge is 2.27. The molecule has 0 N–H and O–H groups in total. The molecular formula is C14H15NO7S. The number of hydrogen-bond donors (Lipinski definition) is 0. The van der Waals surface area contributed by atoms with Crippen LogP contribution in [0, 0.1) is 10.1 Å². The minimum absolute atomic E-state index is 0.208. The number of rotatable bonds is 7. The fourth-order valence-corrected chi connectivity index (χ4v) is 2.33. The van der Waals surface area contributed by atoms with Crippen LogP contribution in [0.5, 0.6) is 0 Å². The van der Waals surface area contributed by atoms with Crippen molar-refractivity contribution in [2.24, 2.45) is 0 Å². The van der Waals surface area contributed by atoms with Crippen LogP contribution in [0.1, 0.15) is 24.2 Å². The van der Waals surface area contributed by atoms with Gasteiger partial charge in [-0.3, -0.25) is 19.7 Å². The summed E-state index contributed by atoms with van der Waals surface area (Å²) >= 11 is 0. The van der Waals surface area contributed by atoms with Crippen LogP contribution in [-0.4, -0.2) is 37.8 Å². The molecular weight excluding hydrogens is 326 g/mol. The standard InChI is InChI=1S/C14H15NO7S/c1-4-22-8-12(9(2)16)14(17)11-6-5-10(23(3,20)21)7-13(11)15(18)19/h5-8H,4H2,1-3H3. The molecule has 0 aromatic heterocycles. The van der Waals surface area contributed by atoms with Gasteiger partial charge in [-0.1, -0.05) is 0 Å². The molecule has 1 aromatic carbocycles. The van der Waals surface area contributed by atoms with E-state index in [2.05, 4.69) is 0 Å². The van der Waals surface area contributed by atoms with Crippen molar-refractivity contribution in [3.63, 3.8) is 0 Å². The normalized spacial score (nSPS) is 11.9. The van der Waals surface area contributed by atoms with E-state index in [1.54, 1.807) is 6.92 Å². The van der Waals surface area contributed by atoms with E-state index in [1.165, 1.54) is 0 Å². The van der Waals surface area contributed by atoms with E-state index < -0.39 is 32.0 Å². The number of Topliss-reactive ketones (excluding diaryl/α,β-unsaturated/α-hetero) is 2. The molecule has 1 rings (SSSR count). The van der Waals surface area contributed by atoms with Crippen LogP contribution in [0.2, 0.25) is 0 Å². The smallest absolute Gasteiger partial charge is 0.281 e. The van der Waals surface area contributed by atoms with Gasteiger partial charge >= 0.3 is 0 Å². The van der Waals surface area contributed by atoms with Crippen molar-refractivity contribution in [1.29, 1.82) is 0 Å². The van der Waals surface area contributed by atoms with Crippen LogP contribution in [-0.2, 0) is 19.4 Å². The number of nitrogens with zero attached hydrogens (tertiary/aromatic N) is 1. The number of carbonyl (C=O) groups excluding carboxylic acids is 2. The highest BCUT2D eigenvalue weighted by molar-refractivity contribution is 7.90. The summed E-state index contributed by atoms with van der Waals surface area (Å²) in [6.07, 6.45) is 1.84. The van der Waals surface area contributed by atoms with E-state index in [0.29, 0.717) is 0 Å². The van der Waals surface area contributed by atoms with Crippen molar-refractivity contribution >= 4 is 27.1 Å². The average molecular weight is 341 g/mol. The van der Waals surface area contributed by atoms with Gasteiger partial charge in [0.1, 0.15) is 5.56 Å². The lowest BCUT2D eigenvalue weighted by Crippen LogP contribution is -2.14. The highest BCUT2D eigenvalue weighted by Crippen LogP contribution is 2.25. The van der Waals surface area contributed by atoms with Gasteiger partial charge in [-0.05, 0) is 26.0 Å². The molecule has 0 amide bonds. The number of nitro benzene ring substituents is 1. The van der Waals surface area contributed by atoms with Gasteiger partial charge in [0.2, 0.25) is 5.78 Å². The SMILES string of the molecule is CCOC=C(C(C)=O)C(=O)c1ccc(S(C)(=O)=O)cc1[N+](=O)[O-]. The number of benzene rings is 1. The predicted molar refractivity (Wildman–Crippen MR) is 80.9 cm³/mol. The zero-order chi connectivity index (χ0) is 17.8. The molecule has 0 unspecified atom stereocenters. The molecule has 0 aliphatic heterocycles. The summed E-state index contributed by atoms with van der Waals surface area (Å²) in [6.45, 7) is 2.97. The lowest BCUT2D eigenvalue weighted by Gasteiger charge is -2.06. The third-order valence-corrected chi connectivity index (χ3v) is 3.94. The maximum atomic E-state index is 12.4. The maximum Gasteiger partial charge on any atom is 0.281 e. The van der Waals surface area contributed by atoms with Crippen molar-refractivity contribution < 1.29 is 27.7 Å². The first-order valence-corrected chi connectivity index (χ1v) is 8.34. The second kappa shape index (κ2) is 7.14. The van der Waals surface area contributed by atoms with E-state index in [4.69, 9.17) is 4.74 Å². The quantitative estimate of drug-likeness (QED) is 0.141. The number of nitro groups is 1. The Balaban J connectivity index is 3.50. The molecule has 124 valence electrons. The second-order valence-corrected chi connectivity index (χ2v) is 6.60.